The SMILES string of the molecule is CCCN(CC)CCCNC(=C1CCC1)c1ccc2c(c1)C(=O)N(Cc1ccc(C)cc1)C2. The van der Waals surface area contributed by atoms with Crippen molar-refractivity contribution in [1.29, 1.82) is 0 Å². The van der Waals surface area contributed by atoms with Crippen LogP contribution in [0.1, 0.15) is 78.6 Å². The van der Waals surface area contributed by atoms with E-state index in [1.54, 1.807) is 0 Å². The molecule has 0 saturated heterocycles. The minimum atomic E-state index is 0.156. The molecule has 0 atom stereocenters. The van der Waals surface area contributed by atoms with E-state index in [0.717, 1.165) is 37.2 Å². The summed E-state index contributed by atoms with van der Waals surface area (Å²) in [5.41, 5.74) is 8.41. The molecule has 4 rings (SSSR count). The molecule has 1 heterocycles. The average Bonchev–Trinajstić information content (AvgIpc) is 3.10. The Bertz CT molecular complexity index is 986. The fraction of sp³-hybridized carbons (Fsp3) is 0.483. The van der Waals surface area contributed by atoms with Gasteiger partial charge in [0.25, 0.3) is 5.91 Å². The van der Waals surface area contributed by atoms with Crippen LogP contribution in [0.15, 0.2) is 48.0 Å². The van der Waals surface area contributed by atoms with Crippen LogP contribution in [0, 0.1) is 6.92 Å². The summed E-state index contributed by atoms with van der Waals surface area (Å²) in [6.45, 7) is 12.4. The Labute approximate surface area is 199 Å². The van der Waals surface area contributed by atoms with Crippen LogP contribution in [-0.2, 0) is 13.1 Å². The summed E-state index contributed by atoms with van der Waals surface area (Å²) in [7, 11) is 0. The maximum atomic E-state index is 13.2. The first-order chi connectivity index (χ1) is 16.1. The number of allylic oxidation sites excluding steroid dienone is 1. The van der Waals surface area contributed by atoms with Gasteiger partial charge in [0.1, 0.15) is 0 Å². The smallest absolute Gasteiger partial charge is 0.254 e. The van der Waals surface area contributed by atoms with E-state index in [4.69, 9.17) is 0 Å². The number of rotatable bonds is 11. The zero-order chi connectivity index (χ0) is 23.2. The second-order valence-electron chi connectivity index (χ2n) is 9.57. The van der Waals surface area contributed by atoms with Crippen molar-refractivity contribution in [1.82, 2.24) is 15.1 Å². The number of hydrogen-bond donors (Lipinski definition) is 1. The second kappa shape index (κ2) is 11.0. The Morgan fingerprint density at radius 2 is 1.85 bits per heavy atom. The molecule has 0 bridgehead atoms. The molecule has 1 N–H and O–H groups in total. The van der Waals surface area contributed by atoms with E-state index in [2.05, 4.69) is 73.5 Å². The molecule has 176 valence electrons. The maximum absolute atomic E-state index is 13.2. The first kappa shape index (κ1) is 23.6. The highest BCUT2D eigenvalue weighted by Crippen LogP contribution is 2.34. The van der Waals surface area contributed by atoms with Crippen molar-refractivity contribution in [2.24, 2.45) is 0 Å². The van der Waals surface area contributed by atoms with Crippen molar-refractivity contribution in [2.45, 2.75) is 66.0 Å². The molecule has 1 aliphatic heterocycles. The summed E-state index contributed by atoms with van der Waals surface area (Å²) >= 11 is 0. The quantitative estimate of drug-likeness (QED) is 0.447. The largest absolute Gasteiger partial charge is 0.385 e. The monoisotopic (exact) mass is 445 g/mol. The number of carbonyl (C=O) groups excluding carboxylic acids is 1. The van der Waals surface area contributed by atoms with Gasteiger partial charge in [-0.15, -0.1) is 0 Å². The fourth-order valence-electron chi connectivity index (χ4n) is 4.85. The topological polar surface area (TPSA) is 35.6 Å². The molecule has 1 fully saturated rings. The molecule has 4 heteroatoms. The molecule has 0 aromatic heterocycles. The third-order valence-electron chi connectivity index (χ3n) is 7.02. The minimum Gasteiger partial charge on any atom is -0.385 e. The lowest BCUT2D eigenvalue weighted by molar-refractivity contribution is 0.0766. The highest BCUT2D eigenvalue weighted by molar-refractivity contribution is 5.99. The summed E-state index contributed by atoms with van der Waals surface area (Å²) in [4.78, 5) is 17.7. The summed E-state index contributed by atoms with van der Waals surface area (Å²) in [6, 6.07) is 15.0. The summed E-state index contributed by atoms with van der Waals surface area (Å²) in [5.74, 6) is 0.156. The van der Waals surface area contributed by atoms with Crippen LogP contribution in [-0.4, -0.2) is 41.9 Å². The summed E-state index contributed by atoms with van der Waals surface area (Å²) < 4.78 is 0. The molecule has 33 heavy (non-hydrogen) atoms. The highest BCUT2D eigenvalue weighted by atomic mass is 16.2. The standard InChI is InChI=1S/C29H39N3O/c1-4-17-31(5-2)18-7-16-30-28(24-8-6-9-24)25-14-15-26-21-32(29(33)27(26)19-25)20-23-12-10-22(3)11-13-23/h10-15,19,30H,4-9,16-18,20-21H2,1-3H3. The van der Waals surface area contributed by atoms with E-state index in [1.807, 2.05) is 4.90 Å². The molecule has 1 aliphatic carbocycles. The highest BCUT2D eigenvalue weighted by Gasteiger charge is 2.28. The zero-order valence-corrected chi connectivity index (χ0v) is 20.6. The van der Waals surface area contributed by atoms with Gasteiger partial charge in [0.15, 0.2) is 0 Å². The number of benzene rings is 2. The van der Waals surface area contributed by atoms with E-state index in [-0.39, 0.29) is 5.91 Å². The van der Waals surface area contributed by atoms with Gasteiger partial charge in [-0.25, -0.2) is 0 Å². The number of aryl methyl sites for hydroxylation is 1. The minimum absolute atomic E-state index is 0.156. The van der Waals surface area contributed by atoms with E-state index in [9.17, 15) is 4.79 Å². The van der Waals surface area contributed by atoms with E-state index >= 15 is 0 Å². The lowest BCUT2D eigenvalue weighted by Crippen LogP contribution is -2.28. The normalized spacial score (nSPS) is 15.1. The summed E-state index contributed by atoms with van der Waals surface area (Å²) in [6.07, 6.45) is 5.96. The fourth-order valence-corrected chi connectivity index (χ4v) is 4.85. The van der Waals surface area contributed by atoms with Gasteiger partial charge in [0.05, 0.1) is 0 Å². The van der Waals surface area contributed by atoms with Crippen LogP contribution in [0.5, 0.6) is 0 Å². The molecule has 2 aromatic rings. The molecule has 0 spiro atoms. The number of nitrogens with zero attached hydrogens (tertiary/aromatic N) is 2. The maximum Gasteiger partial charge on any atom is 0.254 e. The van der Waals surface area contributed by atoms with Gasteiger partial charge in [0, 0.05) is 30.9 Å². The van der Waals surface area contributed by atoms with Gasteiger partial charge < -0.3 is 15.1 Å². The van der Waals surface area contributed by atoms with Crippen LogP contribution < -0.4 is 5.32 Å². The number of nitrogens with one attached hydrogen (secondary N) is 1. The molecule has 0 unspecified atom stereocenters. The van der Waals surface area contributed by atoms with Gasteiger partial charge in [-0.2, -0.15) is 0 Å². The van der Waals surface area contributed by atoms with Gasteiger partial charge in [0.2, 0.25) is 0 Å². The van der Waals surface area contributed by atoms with Crippen molar-refractivity contribution in [3.8, 4) is 0 Å². The first-order valence-electron chi connectivity index (χ1n) is 12.8. The van der Waals surface area contributed by atoms with Gasteiger partial charge in [-0.1, -0.05) is 55.8 Å². The Morgan fingerprint density at radius 1 is 1.06 bits per heavy atom. The van der Waals surface area contributed by atoms with Crippen molar-refractivity contribution in [3.63, 3.8) is 0 Å². The van der Waals surface area contributed by atoms with Crippen LogP contribution in [0.2, 0.25) is 0 Å². The van der Waals surface area contributed by atoms with Crippen LogP contribution in [0.4, 0.5) is 0 Å². The molecule has 2 aliphatic rings. The second-order valence-corrected chi connectivity index (χ2v) is 9.57. The molecule has 0 radical (unpaired) electrons. The number of hydrogen-bond acceptors (Lipinski definition) is 3. The van der Waals surface area contributed by atoms with Gasteiger partial charge >= 0.3 is 0 Å². The molecular weight excluding hydrogens is 406 g/mol. The third-order valence-corrected chi connectivity index (χ3v) is 7.02. The van der Waals surface area contributed by atoms with Crippen molar-refractivity contribution in [3.05, 3.63) is 75.9 Å². The zero-order valence-electron chi connectivity index (χ0n) is 20.6. The summed E-state index contributed by atoms with van der Waals surface area (Å²) in [5, 5.41) is 3.75. The van der Waals surface area contributed by atoms with Crippen LogP contribution >= 0.6 is 0 Å². The van der Waals surface area contributed by atoms with E-state index in [1.165, 1.54) is 60.2 Å². The van der Waals surface area contributed by atoms with Crippen LogP contribution in [0.25, 0.3) is 5.70 Å². The number of fused-ring (bicyclic) bond motifs is 1. The molecule has 1 saturated carbocycles. The number of amides is 1. The molecule has 1 amide bonds. The molecule has 2 aromatic carbocycles. The van der Waals surface area contributed by atoms with E-state index in [0.29, 0.717) is 13.1 Å². The lowest BCUT2D eigenvalue weighted by Gasteiger charge is -2.25. The Balaban J connectivity index is 1.43. The third kappa shape index (κ3) is 5.67. The van der Waals surface area contributed by atoms with Gasteiger partial charge in [-0.05, 0) is 87.0 Å². The van der Waals surface area contributed by atoms with Crippen molar-refractivity contribution < 1.29 is 4.79 Å². The van der Waals surface area contributed by atoms with Crippen LogP contribution in [0.3, 0.4) is 0 Å². The van der Waals surface area contributed by atoms with Crippen molar-refractivity contribution in [2.75, 3.05) is 26.2 Å². The average molecular weight is 446 g/mol. The molecule has 4 nitrogen and oxygen atoms in total. The predicted molar refractivity (Wildman–Crippen MR) is 137 cm³/mol. The Morgan fingerprint density at radius 3 is 2.52 bits per heavy atom. The molecular formula is C29H39N3O. The Hall–Kier alpha value is -2.59. The lowest BCUT2D eigenvalue weighted by atomic mass is 9.87. The van der Waals surface area contributed by atoms with Crippen molar-refractivity contribution >= 4 is 11.6 Å². The van der Waals surface area contributed by atoms with E-state index < -0.39 is 0 Å². The Kier molecular flexibility index (Phi) is 7.87. The predicted octanol–water partition coefficient (Wildman–Crippen LogP) is 5.76. The first-order valence-corrected chi connectivity index (χ1v) is 12.8. The van der Waals surface area contributed by atoms with Gasteiger partial charge in [-0.3, -0.25) is 4.79 Å². The number of carbonyl (C=O) groups is 1.